The van der Waals surface area contributed by atoms with Crippen LogP contribution in [0.4, 0.5) is 8.78 Å². The molecule has 12 heavy (non-hydrogen) atoms. The van der Waals surface area contributed by atoms with E-state index < -0.39 is 31.2 Å². The van der Waals surface area contributed by atoms with Gasteiger partial charge in [-0.3, -0.25) is 13.6 Å². The van der Waals surface area contributed by atoms with Crippen LogP contribution in [0, 0.1) is 5.41 Å². The lowest BCUT2D eigenvalue weighted by molar-refractivity contribution is -0.124. The Bertz CT molecular complexity index is 136. The Labute approximate surface area is 70.6 Å². The first kappa shape index (κ1) is 11.5. The summed E-state index contributed by atoms with van der Waals surface area (Å²) in [7, 11) is 0. The Morgan fingerprint density at radius 1 is 1.42 bits per heavy atom. The van der Waals surface area contributed by atoms with Gasteiger partial charge in [0.1, 0.15) is 6.61 Å². The van der Waals surface area contributed by atoms with Crippen molar-refractivity contribution in [3.8, 4) is 0 Å². The van der Waals surface area contributed by atoms with Crippen molar-refractivity contribution in [3.05, 3.63) is 0 Å². The predicted octanol–water partition coefficient (Wildman–Crippen LogP) is 1.27. The average molecular weight is 180 g/mol. The van der Waals surface area contributed by atoms with E-state index in [2.05, 4.69) is 0 Å². The largest absolute Gasteiger partial charge is 0.389 e. The second-order valence-electron chi connectivity index (χ2n) is 2.99. The maximum atomic E-state index is 12.3. The standard InChI is InChI=1S/C8H14F2O2/c1-2-8(5-9,6-10)3-7(12)4-11/h11H,2-6H2,1H3. The molecular formula is C8H14F2O2. The second kappa shape index (κ2) is 5.19. The molecule has 0 saturated heterocycles. The van der Waals surface area contributed by atoms with Gasteiger partial charge in [-0.2, -0.15) is 0 Å². The Morgan fingerprint density at radius 2 is 1.92 bits per heavy atom. The SMILES string of the molecule is CCC(CF)(CF)CC(=O)CO. The van der Waals surface area contributed by atoms with E-state index in [0.717, 1.165) is 0 Å². The summed E-state index contributed by atoms with van der Waals surface area (Å²) in [5.41, 5.74) is -1.19. The van der Waals surface area contributed by atoms with Crippen LogP contribution < -0.4 is 0 Å². The normalized spacial score (nSPS) is 11.7. The van der Waals surface area contributed by atoms with Gasteiger partial charge < -0.3 is 5.11 Å². The number of alkyl halides is 2. The van der Waals surface area contributed by atoms with E-state index in [1.807, 2.05) is 0 Å². The molecule has 72 valence electrons. The van der Waals surface area contributed by atoms with Crippen molar-refractivity contribution in [1.29, 1.82) is 0 Å². The minimum absolute atomic E-state index is 0.215. The highest BCUT2D eigenvalue weighted by atomic mass is 19.1. The van der Waals surface area contributed by atoms with Gasteiger partial charge in [0.2, 0.25) is 0 Å². The quantitative estimate of drug-likeness (QED) is 0.668. The number of Topliss-reactive ketones (excluding diaryl/α,β-unsaturated/α-hetero) is 1. The van der Waals surface area contributed by atoms with E-state index in [0.29, 0.717) is 0 Å². The van der Waals surface area contributed by atoms with Crippen LogP contribution in [0.1, 0.15) is 19.8 Å². The third kappa shape index (κ3) is 2.85. The average Bonchev–Trinajstić information content (AvgIpc) is 2.14. The van der Waals surface area contributed by atoms with E-state index in [9.17, 15) is 13.6 Å². The number of hydrogen-bond donors (Lipinski definition) is 1. The second-order valence-corrected chi connectivity index (χ2v) is 2.99. The summed E-state index contributed by atoms with van der Waals surface area (Å²) in [6.07, 6.45) is 0.0543. The molecule has 4 heteroatoms. The van der Waals surface area contributed by atoms with Crippen molar-refractivity contribution in [1.82, 2.24) is 0 Å². The lowest BCUT2D eigenvalue weighted by Crippen LogP contribution is -2.29. The topological polar surface area (TPSA) is 37.3 Å². The van der Waals surface area contributed by atoms with E-state index in [1.165, 1.54) is 0 Å². The minimum atomic E-state index is -1.19. The van der Waals surface area contributed by atoms with Gasteiger partial charge in [0, 0.05) is 11.8 Å². The summed E-state index contributed by atoms with van der Waals surface area (Å²) < 4.78 is 24.7. The number of hydrogen-bond acceptors (Lipinski definition) is 2. The van der Waals surface area contributed by atoms with Crippen LogP contribution in [-0.4, -0.2) is 30.8 Å². The van der Waals surface area contributed by atoms with Crippen molar-refractivity contribution in [3.63, 3.8) is 0 Å². The molecule has 0 aliphatic rings. The molecule has 0 rings (SSSR count). The van der Waals surface area contributed by atoms with Gasteiger partial charge in [-0.25, -0.2) is 0 Å². The molecule has 0 aromatic carbocycles. The maximum absolute atomic E-state index is 12.3. The highest BCUT2D eigenvalue weighted by Gasteiger charge is 2.30. The van der Waals surface area contributed by atoms with Crippen molar-refractivity contribution >= 4 is 5.78 Å². The van der Waals surface area contributed by atoms with Crippen molar-refractivity contribution in [2.45, 2.75) is 19.8 Å². The molecule has 0 atom stereocenters. The molecule has 0 amide bonds. The third-order valence-electron chi connectivity index (χ3n) is 2.07. The first-order valence-electron chi connectivity index (χ1n) is 3.88. The summed E-state index contributed by atoms with van der Waals surface area (Å²) >= 11 is 0. The highest BCUT2D eigenvalue weighted by Crippen LogP contribution is 2.27. The fourth-order valence-corrected chi connectivity index (χ4v) is 0.918. The first-order chi connectivity index (χ1) is 5.64. The first-order valence-corrected chi connectivity index (χ1v) is 3.88. The lowest BCUT2D eigenvalue weighted by Gasteiger charge is -2.24. The van der Waals surface area contributed by atoms with Crippen LogP contribution >= 0.6 is 0 Å². The minimum Gasteiger partial charge on any atom is -0.389 e. The Balaban J connectivity index is 4.19. The van der Waals surface area contributed by atoms with Gasteiger partial charge in [-0.05, 0) is 6.42 Å². The molecule has 0 heterocycles. The molecule has 0 aliphatic heterocycles. The molecule has 1 N–H and O–H groups in total. The van der Waals surface area contributed by atoms with Crippen LogP contribution in [-0.2, 0) is 4.79 Å². The van der Waals surface area contributed by atoms with Gasteiger partial charge in [0.25, 0.3) is 0 Å². The molecule has 0 aliphatic carbocycles. The van der Waals surface area contributed by atoms with Gasteiger partial charge >= 0.3 is 0 Å². The van der Waals surface area contributed by atoms with E-state index in [1.54, 1.807) is 6.92 Å². The van der Waals surface area contributed by atoms with Crippen LogP contribution in [0.5, 0.6) is 0 Å². The molecule has 0 aromatic heterocycles. The molecule has 0 radical (unpaired) electrons. The molecule has 0 spiro atoms. The highest BCUT2D eigenvalue weighted by molar-refractivity contribution is 5.80. The van der Waals surface area contributed by atoms with Gasteiger partial charge in [-0.1, -0.05) is 6.92 Å². The number of aliphatic hydroxyl groups is 1. The van der Waals surface area contributed by atoms with Gasteiger partial charge in [-0.15, -0.1) is 0 Å². The van der Waals surface area contributed by atoms with Crippen LogP contribution in [0.2, 0.25) is 0 Å². The Kier molecular flexibility index (Phi) is 4.97. The Morgan fingerprint density at radius 3 is 2.17 bits per heavy atom. The number of rotatable bonds is 6. The van der Waals surface area contributed by atoms with Crippen LogP contribution in [0.3, 0.4) is 0 Å². The van der Waals surface area contributed by atoms with Gasteiger partial charge in [0.05, 0.1) is 13.3 Å². The molecule has 0 unspecified atom stereocenters. The fourth-order valence-electron chi connectivity index (χ4n) is 0.918. The van der Waals surface area contributed by atoms with Crippen molar-refractivity contribution < 1.29 is 18.7 Å². The number of ketones is 1. The molecule has 2 nitrogen and oxygen atoms in total. The molecule has 0 saturated carbocycles. The molecule has 0 aromatic rings. The smallest absolute Gasteiger partial charge is 0.158 e. The van der Waals surface area contributed by atoms with E-state index in [-0.39, 0.29) is 12.8 Å². The van der Waals surface area contributed by atoms with Gasteiger partial charge in [0.15, 0.2) is 5.78 Å². The van der Waals surface area contributed by atoms with Crippen molar-refractivity contribution in [2.24, 2.45) is 5.41 Å². The monoisotopic (exact) mass is 180 g/mol. The van der Waals surface area contributed by atoms with E-state index in [4.69, 9.17) is 5.11 Å². The number of carbonyl (C=O) groups is 1. The molecule has 0 bridgehead atoms. The maximum Gasteiger partial charge on any atom is 0.158 e. The zero-order valence-electron chi connectivity index (χ0n) is 7.15. The van der Waals surface area contributed by atoms with Crippen LogP contribution in [0.25, 0.3) is 0 Å². The Hall–Kier alpha value is -0.510. The predicted molar refractivity (Wildman–Crippen MR) is 41.4 cm³/mol. The fraction of sp³-hybridized carbons (Fsp3) is 0.875. The summed E-state index contributed by atoms with van der Waals surface area (Å²) in [5.74, 6) is -0.507. The summed E-state index contributed by atoms with van der Waals surface area (Å²) in [4.78, 5) is 10.7. The number of halogens is 2. The number of carbonyl (C=O) groups excluding carboxylic acids is 1. The molecular weight excluding hydrogens is 166 g/mol. The zero-order chi connectivity index (χ0) is 9.61. The summed E-state index contributed by atoms with van der Waals surface area (Å²) in [6.45, 7) is -0.719. The summed E-state index contributed by atoms with van der Waals surface area (Å²) in [6, 6.07) is 0. The van der Waals surface area contributed by atoms with Crippen LogP contribution in [0.15, 0.2) is 0 Å². The lowest BCUT2D eigenvalue weighted by atomic mass is 9.83. The van der Waals surface area contributed by atoms with E-state index >= 15 is 0 Å². The number of aliphatic hydroxyl groups excluding tert-OH is 1. The van der Waals surface area contributed by atoms with Crippen molar-refractivity contribution in [2.75, 3.05) is 20.0 Å². The zero-order valence-corrected chi connectivity index (χ0v) is 7.15. The third-order valence-corrected chi connectivity index (χ3v) is 2.07. The summed E-state index contributed by atoms with van der Waals surface area (Å²) in [5, 5.41) is 8.39. The molecule has 0 fully saturated rings.